The van der Waals surface area contributed by atoms with Crippen molar-refractivity contribution in [2.24, 2.45) is 11.1 Å². The maximum atomic E-state index is 11.8. The first-order valence-electron chi connectivity index (χ1n) is 6.58. The Bertz CT molecular complexity index is 232. The fourth-order valence-electron chi connectivity index (χ4n) is 1.58. The van der Waals surface area contributed by atoms with Crippen molar-refractivity contribution in [2.75, 3.05) is 26.2 Å². The van der Waals surface area contributed by atoms with E-state index in [1.165, 1.54) is 0 Å². The van der Waals surface area contributed by atoms with Gasteiger partial charge in [-0.15, -0.1) is 24.8 Å². The van der Waals surface area contributed by atoms with Gasteiger partial charge in [0.05, 0.1) is 6.04 Å². The van der Waals surface area contributed by atoms with Gasteiger partial charge in [-0.2, -0.15) is 0 Å². The SMILES string of the molecule is CCCN(CC)CCNC(=O)[C@@H](N)C(C)(C)C.Cl.Cl. The molecular weight excluding hydrogens is 285 g/mol. The molecule has 1 atom stereocenters. The zero-order valence-corrected chi connectivity index (χ0v) is 14.5. The number of hydrogen-bond acceptors (Lipinski definition) is 3. The predicted octanol–water partition coefficient (Wildman–Crippen LogP) is 2.05. The Hall–Kier alpha value is -0.0300. The molecule has 0 aromatic rings. The van der Waals surface area contributed by atoms with Crippen molar-refractivity contribution >= 4 is 30.7 Å². The predicted molar refractivity (Wildman–Crippen MR) is 87.3 cm³/mol. The summed E-state index contributed by atoms with van der Waals surface area (Å²) in [6, 6.07) is -0.441. The van der Waals surface area contributed by atoms with E-state index < -0.39 is 6.04 Å². The van der Waals surface area contributed by atoms with E-state index in [0.29, 0.717) is 6.54 Å². The van der Waals surface area contributed by atoms with E-state index in [0.717, 1.165) is 26.1 Å². The van der Waals surface area contributed by atoms with Gasteiger partial charge in [-0.05, 0) is 24.9 Å². The second kappa shape index (κ2) is 11.8. The molecule has 1 amide bonds. The summed E-state index contributed by atoms with van der Waals surface area (Å²) in [5.74, 6) is -0.0509. The monoisotopic (exact) mass is 315 g/mol. The van der Waals surface area contributed by atoms with E-state index in [1.54, 1.807) is 0 Å². The van der Waals surface area contributed by atoms with Crippen LogP contribution in [0, 0.1) is 5.41 Å². The van der Waals surface area contributed by atoms with Crippen LogP contribution in [-0.2, 0) is 4.79 Å². The number of amides is 1. The molecule has 0 aliphatic rings. The third kappa shape index (κ3) is 10.4. The van der Waals surface area contributed by atoms with E-state index in [9.17, 15) is 4.79 Å². The van der Waals surface area contributed by atoms with Crippen molar-refractivity contribution in [2.45, 2.75) is 47.1 Å². The zero-order chi connectivity index (χ0) is 13.5. The van der Waals surface area contributed by atoms with Gasteiger partial charge in [0, 0.05) is 13.1 Å². The molecule has 6 heteroatoms. The van der Waals surface area contributed by atoms with Gasteiger partial charge in [-0.25, -0.2) is 0 Å². The van der Waals surface area contributed by atoms with Gasteiger partial charge in [0.25, 0.3) is 0 Å². The molecule has 118 valence electrons. The fraction of sp³-hybridized carbons (Fsp3) is 0.923. The van der Waals surface area contributed by atoms with E-state index in [1.807, 2.05) is 20.8 Å². The average Bonchev–Trinajstić information content (AvgIpc) is 2.25. The number of nitrogens with zero attached hydrogens (tertiary/aromatic N) is 1. The number of hydrogen-bond donors (Lipinski definition) is 2. The summed E-state index contributed by atoms with van der Waals surface area (Å²) in [4.78, 5) is 14.1. The molecule has 0 rings (SSSR count). The summed E-state index contributed by atoms with van der Waals surface area (Å²) in [6.45, 7) is 13.9. The van der Waals surface area contributed by atoms with Crippen LogP contribution in [0.15, 0.2) is 0 Å². The lowest BCUT2D eigenvalue weighted by molar-refractivity contribution is -0.124. The molecule has 0 fully saturated rings. The molecule has 0 radical (unpaired) electrons. The summed E-state index contributed by atoms with van der Waals surface area (Å²) in [7, 11) is 0. The lowest BCUT2D eigenvalue weighted by atomic mass is 9.87. The fourth-order valence-corrected chi connectivity index (χ4v) is 1.58. The van der Waals surface area contributed by atoms with Gasteiger partial charge < -0.3 is 16.0 Å². The molecule has 0 aliphatic carbocycles. The summed E-state index contributed by atoms with van der Waals surface area (Å²) in [5, 5.41) is 2.91. The van der Waals surface area contributed by atoms with Crippen LogP contribution in [-0.4, -0.2) is 43.0 Å². The van der Waals surface area contributed by atoms with E-state index in [2.05, 4.69) is 24.1 Å². The highest BCUT2D eigenvalue weighted by atomic mass is 35.5. The first-order valence-corrected chi connectivity index (χ1v) is 6.58. The van der Waals surface area contributed by atoms with Crippen LogP contribution in [0.2, 0.25) is 0 Å². The van der Waals surface area contributed by atoms with Crippen molar-refractivity contribution in [3.63, 3.8) is 0 Å². The topological polar surface area (TPSA) is 58.4 Å². The quantitative estimate of drug-likeness (QED) is 0.756. The third-order valence-corrected chi connectivity index (χ3v) is 2.93. The van der Waals surface area contributed by atoms with Crippen LogP contribution < -0.4 is 11.1 Å². The van der Waals surface area contributed by atoms with Gasteiger partial charge in [-0.3, -0.25) is 4.79 Å². The highest BCUT2D eigenvalue weighted by Gasteiger charge is 2.26. The molecule has 19 heavy (non-hydrogen) atoms. The molecular formula is C13H31Cl2N3O. The summed E-state index contributed by atoms with van der Waals surface area (Å²) < 4.78 is 0. The minimum atomic E-state index is -0.441. The van der Waals surface area contributed by atoms with Gasteiger partial charge in [0.2, 0.25) is 5.91 Å². The van der Waals surface area contributed by atoms with E-state index >= 15 is 0 Å². The Morgan fingerprint density at radius 1 is 1.21 bits per heavy atom. The highest BCUT2D eigenvalue weighted by Crippen LogP contribution is 2.16. The summed E-state index contributed by atoms with van der Waals surface area (Å²) in [5.41, 5.74) is 5.69. The van der Waals surface area contributed by atoms with Crippen LogP contribution in [0.3, 0.4) is 0 Å². The molecule has 0 heterocycles. The largest absolute Gasteiger partial charge is 0.353 e. The standard InChI is InChI=1S/C13H29N3O.2ClH/c1-6-9-16(7-2)10-8-15-12(17)11(14)13(3,4)5;;/h11H,6-10,14H2,1-5H3,(H,15,17);2*1H/t11-;;/m1../s1. The molecule has 3 N–H and O–H groups in total. The minimum Gasteiger partial charge on any atom is -0.353 e. The molecule has 0 spiro atoms. The van der Waals surface area contributed by atoms with Crippen LogP contribution in [0.1, 0.15) is 41.0 Å². The molecule has 0 aromatic carbocycles. The second-order valence-corrected chi connectivity index (χ2v) is 5.57. The first kappa shape index (κ1) is 24.0. The number of halogens is 2. The zero-order valence-electron chi connectivity index (χ0n) is 12.9. The summed E-state index contributed by atoms with van der Waals surface area (Å²) >= 11 is 0. The minimum absolute atomic E-state index is 0. The Morgan fingerprint density at radius 3 is 2.11 bits per heavy atom. The Kier molecular flexibility index (Phi) is 14.9. The molecule has 0 aromatic heterocycles. The van der Waals surface area contributed by atoms with Crippen molar-refractivity contribution in [1.29, 1.82) is 0 Å². The van der Waals surface area contributed by atoms with Gasteiger partial charge in [0.15, 0.2) is 0 Å². The average molecular weight is 316 g/mol. The molecule has 0 bridgehead atoms. The molecule has 0 unspecified atom stereocenters. The third-order valence-electron chi connectivity index (χ3n) is 2.93. The maximum Gasteiger partial charge on any atom is 0.237 e. The number of carbonyl (C=O) groups is 1. The maximum absolute atomic E-state index is 11.8. The van der Waals surface area contributed by atoms with E-state index in [4.69, 9.17) is 5.73 Å². The number of likely N-dealkylation sites (N-methyl/N-ethyl adjacent to an activating group) is 1. The van der Waals surface area contributed by atoms with E-state index in [-0.39, 0.29) is 36.1 Å². The van der Waals surface area contributed by atoms with Gasteiger partial charge in [-0.1, -0.05) is 34.6 Å². The number of rotatable bonds is 7. The molecule has 0 saturated carbocycles. The second-order valence-electron chi connectivity index (χ2n) is 5.57. The number of nitrogens with two attached hydrogens (primary N) is 1. The molecule has 0 saturated heterocycles. The summed E-state index contributed by atoms with van der Waals surface area (Å²) in [6.07, 6.45) is 1.14. The van der Waals surface area contributed by atoms with Crippen molar-refractivity contribution < 1.29 is 4.79 Å². The normalized spacial score (nSPS) is 12.4. The first-order chi connectivity index (χ1) is 7.82. The van der Waals surface area contributed by atoms with Crippen LogP contribution in [0.25, 0.3) is 0 Å². The molecule has 4 nitrogen and oxygen atoms in total. The lowest BCUT2D eigenvalue weighted by Crippen LogP contribution is -2.50. The van der Waals surface area contributed by atoms with Gasteiger partial charge >= 0.3 is 0 Å². The van der Waals surface area contributed by atoms with Crippen LogP contribution >= 0.6 is 24.8 Å². The van der Waals surface area contributed by atoms with Crippen molar-refractivity contribution in [1.82, 2.24) is 10.2 Å². The number of carbonyl (C=O) groups excluding carboxylic acids is 1. The van der Waals surface area contributed by atoms with Crippen molar-refractivity contribution in [3.05, 3.63) is 0 Å². The molecule has 0 aliphatic heterocycles. The van der Waals surface area contributed by atoms with Crippen LogP contribution in [0.4, 0.5) is 0 Å². The number of nitrogens with one attached hydrogen (secondary N) is 1. The van der Waals surface area contributed by atoms with Gasteiger partial charge in [0.1, 0.15) is 0 Å². The Labute approximate surface area is 130 Å². The highest BCUT2D eigenvalue weighted by molar-refractivity contribution is 5.85. The Balaban J connectivity index is -0.00000128. The Morgan fingerprint density at radius 2 is 1.74 bits per heavy atom. The van der Waals surface area contributed by atoms with Crippen LogP contribution in [0.5, 0.6) is 0 Å². The van der Waals surface area contributed by atoms with Crippen molar-refractivity contribution in [3.8, 4) is 0 Å². The lowest BCUT2D eigenvalue weighted by Gasteiger charge is -2.26. The smallest absolute Gasteiger partial charge is 0.237 e.